The Morgan fingerprint density at radius 3 is 2.33 bits per heavy atom. The van der Waals surface area contributed by atoms with Gasteiger partial charge < -0.3 is 5.32 Å². The van der Waals surface area contributed by atoms with E-state index in [1.165, 1.54) is 11.1 Å². The average Bonchev–Trinajstić information content (AvgIpc) is 2.25. The summed E-state index contributed by atoms with van der Waals surface area (Å²) in [4.78, 5) is 12.0. The predicted octanol–water partition coefficient (Wildman–Crippen LogP) is 4.19. The van der Waals surface area contributed by atoms with Gasteiger partial charge in [-0.3, -0.25) is 4.79 Å². The molecule has 1 N–H and O–H groups in total. The number of hydrogen-bond acceptors (Lipinski definition) is 1. The largest absolute Gasteiger partial charge is 0.326 e. The predicted molar refractivity (Wildman–Crippen MR) is 77.9 cm³/mol. The van der Waals surface area contributed by atoms with Crippen molar-refractivity contribution in [1.82, 2.24) is 0 Å². The monoisotopic (exact) mass is 247 g/mol. The number of anilines is 1. The molecule has 100 valence electrons. The van der Waals surface area contributed by atoms with Gasteiger partial charge in [-0.15, -0.1) is 0 Å². The second-order valence-electron chi connectivity index (χ2n) is 5.94. The van der Waals surface area contributed by atoms with Gasteiger partial charge in [-0.25, -0.2) is 0 Å². The third-order valence-corrected chi connectivity index (χ3v) is 2.97. The highest BCUT2D eigenvalue weighted by atomic mass is 16.1. The normalized spacial score (nSPS) is 11.4. The van der Waals surface area contributed by atoms with Crippen LogP contribution in [0.1, 0.15) is 52.2 Å². The minimum absolute atomic E-state index is 0.0266. The third-order valence-electron chi connectivity index (χ3n) is 2.97. The number of carbonyl (C=O) groups excluding carboxylic acids is 1. The fourth-order valence-corrected chi connectivity index (χ4v) is 2.18. The van der Waals surface area contributed by atoms with E-state index in [9.17, 15) is 4.79 Å². The SMILES string of the molecule is CCc1cccc(NC(=O)CC(C)(C)C)c1CC. The van der Waals surface area contributed by atoms with E-state index < -0.39 is 0 Å². The lowest BCUT2D eigenvalue weighted by atomic mass is 9.91. The Kier molecular flexibility index (Phi) is 4.94. The van der Waals surface area contributed by atoms with Gasteiger partial charge in [0.15, 0.2) is 0 Å². The Bertz CT molecular complexity index is 416. The van der Waals surface area contributed by atoms with E-state index >= 15 is 0 Å². The van der Waals surface area contributed by atoms with Crippen molar-refractivity contribution >= 4 is 11.6 Å². The van der Waals surface area contributed by atoms with Crippen LogP contribution in [0.5, 0.6) is 0 Å². The molecular formula is C16H25NO. The molecule has 0 aliphatic rings. The molecule has 0 radical (unpaired) electrons. The van der Waals surface area contributed by atoms with Gasteiger partial charge in [0.2, 0.25) is 5.91 Å². The first-order valence-corrected chi connectivity index (χ1v) is 6.78. The minimum Gasteiger partial charge on any atom is -0.326 e. The molecule has 18 heavy (non-hydrogen) atoms. The first-order chi connectivity index (χ1) is 8.37. The highest BCUT2D eigenvalue weighted by Crippen LogP contribution is 2.24. The molecule has 2 nitrogen and oxygen atoms in total. The quantitative estimate of drug-likeness (QED) is 0.849. The molecule has 0 saturated carbocycles. The molecule has 0 aromatic heterocycles. The summed E-state index contributed by atoms with van der Waals surface area (Å²) in [6, 6.07) is 6.15. The molecule has 0 aliphatic carbocycles. The first kappa shape index (κ1) is 14.7. The van der Waals surface area contributed by atoms with Crippen molar-refractivity contribution in [3.63, 3.8) is 0 Å². The van der Waals surface area contributed by atoms with Crippen LogP contribution in [-0.2, 0) is 17.6 Å². The smallest absolute Gasteiger partial charge is 0.224 e. The van der Waals surface area contributed by atoms with Crippen LogP contribution in [0, 0.1) is 5.41 Å². The molecule has 0 aliphatic heterocycles. The number of hydrogen-bond donors (Lipinski definition) is 1. The standard InChI is InChI=1S/C16H25NO/c1-6-12-9-8-10-14(13(12)7-2)17-15(18)11-16(3,4)5/h8-10H,6-7,11H2,1-5H3,(H,17,18). The van der Waals surface area contributed by atoms with Gasteiger partial charge in [0.25, 0.3) is 0 Å². The van der Waals surface area contributed by atoms with Crippen molar-refractivity contribution in [2.45, 2.75) is 53.9 Å². The molecule has 0 fully saturated rings. The molecule has 0 saturated heterocycles. The fourth-order valence-electron chi connectivity index (χ4n) is 2.18. The summed E-state index contributed by atoms with van der Waals surface area (Å²) in [5.74, 6) is 0.102. The van der Waals surface area contributed by atoms with Crippen molar-refractivity contribution in [2.75, 3.05) is 5.32 Å². The summed E-state index contributed by atoms with van der Waals surface area (Å²) in [6.07, 6.45) is 2.51. The lowest BCUT2D eigenvalue weighted by molar-refractivity contribution is -0.117. The number of benzene rings is 1. The molecule has 0 atom stereocenters. The van der Waals surface area contributed by atoms with Gasteiger partial charge in [-0.1, -0.05) is 46.8 Å². The Morgan fingerprint density at radius 2 is 1.83 bits per heavy atom. The Hall–Kier alpha value is -1.31. The zero-order valence-corrected chi connectivity index (χ0v) is 12.3. The number of amides is 1. The van der Waals surface area contributed by atoms with E-state index in [0.717, 1.165) is 18.5 Å². The van der Waals surface area contributed by atoms with Crippen LogP contribution >= 0.6 is 0 Å². The molecule has 0 unspecified atom stereocenters. The van der Waals surface area contributed by atoms with Crippen LogP contribution in [0.4, 0.5) is 5.69 Å². The topological polar surface area (TPSA) is 29.1 Å². The molecular weight excluding hydrogens is 222 g/mol. The Morgan fingerprint density at radius 1 is 1.17 bits per heavy atom. The molecule has 0 heterocycles. The highest BCUT2D eigenvalue weighted by Gasteiger charge is 2.17. The van der Waals surface area contributed by atoms with E-state index in [1.807, 2.05) is 12.1 Å². The minimum atomic E-state index is 0.0266. The Labute approximate surface area is 111 Å². The average molecular weight is 247 g/mol. The molecule has 0 bridgehead atoms. The molecule has 2 heteroatoms. The van der Waals surface area contributed by atoms with Crippen LogP contribution in [0.25, 0.3) is 0 Å². The lowest BCUT2D eigenvalue weighted by Gasteiger charge is -2.19. The molecule has 0 spiro atoms. The fraction of sp³-hybridized carbons (Fsp3) is 0.562. The van der Waals surface area contributed by atoms with E-state index in [0.29, 0.717) is 6.42 Å². The van der Waals surface area contributed by atoms with Crippen LogP contribution in [-0.4, -0.2) is 5.91 Å². The highest BCUT2D eigenvalue weighted by molar-refractivity contribution is 5.92. The third kappa shape index (κ3) is 4.17. The van der Waals surface area contributed by atoms with Crippen LogP contribution in [0.15, 0.2) is 18.2 Å². The van der Waals surface area contributed by atoms with E-state index in [1.54, 1.807) is 0 Å². The van der Waals surface area contributed by atoms with Crippen LogP contribution in [0.2, 0.25) is 0 Å². The molecule has 1 aromatic carbocycles. The van der Waals surface area contributed by atoms with Crippen molar-refractivity contribution in [3.8, 4) is 0 Å². The molecule has 1 rings (SSSR count). The second-order valence-corrected chi connectivity index (χ2v) is 5.94. The van der Waals surface area contributed by atoms with Gasteiger partial charge in [-0.2, -0.15) is 0 Å². The number of carbonyl (C=O) groups is 1. The van der Waals surface area contributed by atoms with Crippen molar-refractivity contribution in [1.29, 1.82) is 0 Å². The summed E-state index contributed by atoms with van der Waals surface area (Å²) in [5, 5.41) is 3.05. The summed E-state index contributed by atoms with van der Waals surface area (Å²) in [7, 11) is 0. The van der Waals surface area contributed by atoms with Crippen molar-refractivity contribution in [2.24, 2.45) is 5.41 Å². The van der Waals surface area contributed by atoms with Gasteiger partial charge in [0.1, 0.15) is 0 Å². The summed E-state index contributed by atoms with van der Waals surface area (Å²) in [5.41, 5.74) is 3.60. The van der Waals surface area contributed by atoms with Crippen LogP contribution in [0.3, 0.4) is 0 Å². The number of aryl methyl sites for hydroxylation is 1. The van der Waals surface area contributed by atoms with Gasteiger partial charge in [0, 0.05) is 12.1 Å². The van der Waals surface area contributed by atoms with E-state index in [4.69, 9.17) is 0 Å². The summed E-state index contributed by atoms with van der Waals surface area (Å²) >= 11 is 0. The molecule has 1 amide bonds. The zero-order chi connectivity index (χ0) is 13.8. The van der Waals surface area contributed by atoms with Crippen LogP contribution < -0.4 is 5.32 Å². The van der Waals surface area contributed by atoms with Gasteiger partial charge >= 0.3 is 0 Å². The lowest BCUT2D eigenvalue weighted by Crippen LogP contribution is -2.20. The van der Waals surface area contributed by atoms with Crippen molar-refractivity contribution < 1.29 is 4.79 Å². The Balaban J connectivity index is 2.87. The maximum absolute atomic E-state index is 12.0. The summed E-state index contributed by atoms with van der Waals surface area (Å²) in [6.45, 7) is 10.5. The van der Waals surface area contributed by atoms with Gasteiger partial charge in [-0.05, 0) is 35.4 Å². The molecule has 1 aromatic rings. The zero-order valence-electron chi connectivity index (χ0n) is 12.3. The summed E-state index contributed by atoms with van der Waals surface area (Å²) < 4.78 is 0. The first-order valence-electron chi connectivity index (χ1n) is 6.78. The van der Waals surface area contributed by atoms with E-state index in [-0.39, 0.29) is 11.3 Å². The maximum Gasteiger partial charge on any atom is 0.224 e. The van der Waals surface area contributed by atoms with Crippen molar-refractivity contribution in [3.05, 3.63) is 29.3 Å². The second kappa shape index (κ2) is 6.03. The number of nitrogens with one attached hydrogen (secondary N) is 1. The van der Waals surface area contributed by atoms with Gasteiger partial charge in [0.05, 0.1) is 0 Å². The van der Waals surface area contributed by atoms with E-state index in [2.05, 4.69) is 46.0 Å². The number of rotatable bonds is 4. The maximum atomic E-state index is 12.0.